The number of benzene rings is 1. The van der Waals surface area contributed by atoms with E-state index >= 15 is 0 Å². The monoisotopic (exact) mass is 295 g/mol. The molecule has 2 N–H and O–H groups in total. The lowest BCUT2D eigenvalue weighted by molar-refractivity contribution is -0.117. The predicted octanol–water partition coefficient (Wildman–Crippen LogP) is 1.99. The van der Waals surface area contributed by atoms with Gasteiger partial charge in [-0.2, -0.15) is 0 Å². The fourth-order valence-electron chi connectivity index (χ4n) is 1.84. The van der Waals surface area contributed by atoms with E-state index in [-0.39, 0.29) is 17.9 Å². The van der Waals surface area contributed by atoms with Crippen molar-refractivity contribution in [2.45, 2.75) is 20.3 Å². The molecule has 0 saturated carbocycles. The highest BCUT2D eigenvalue weighted by Gasteiger charge is 2.12. The van der Waals surface area contributed by atoms with Crippen molar-refractivity contribution in [2.75, 3.05) is 32.2 Å². The van der Waals surface area contributed by atoms with Gasteiger partial charge >= 0.3 is 5.97 Å². The molecule has 0 saturated heterocycles. The molecular formula is C15H21NO5. The second kappa shape index (κ2) is 8.39. The minimum Gasteiger partial charge on any atom is -0.478 e. The van der Waals surface area contributed by atoms with E-state index < -0.39 is 5.97 Å². The molecule has 0 heterocycles. The number of ether oxygens (including phenoxy) is 2. The molecule has 6 heteroatoms. The van der Waals surface area contributed by atoms with E-state index in [1.165, 1.54) is 6.07 Å². The molecule has 0 aliphatic carbocycles. The third-order valence-corrected chi connectivity index (χ3v) is 2.98. The molecule has 0 aliphatic heterocycles. The lowest BCUT2D eigenvalue weighted by Gasteiger charge is -2.11. The fourth-order valence-corrected chi connectivity index (χ4v) is 1.84. The first-order chi connectivity index (χ1) is 9.95. The van der Waals surface area contributed by atoms with Crippen molar-refractivity contribution in [3.63, 3.8) is 0 Å². The largest absolute Gasteiger partial charge is 0.478 e. The van der Waals surface area contributed by atoms with Gasteiger partial charge in [-0.15, -0.1) is 0 Å². The molecular weight excluding hydrogens is 274 g/mol. The molecule has 21 heavy (non-hydrogen) atoms. The summed E-state index contributed by atoms with van der Waals surface area (Å²) in [5.41, 5.74) is 2.19. The van der Waals surface area contributed by atoms with E-state index in [9.17, 15) is 9.59 Å². The summed E-state index contributed by atoms with van der Waals surface area (Å²) in [5.74, 6) is -1.22. The standard InChI is InChI=1S/C15H21NO5/c1-10-8-11(2)13(9-12(10)15(18)19)16-14(17)4-5-21-7-6-20-3/h8-9H,4-7H2,1-3H3,(H,16,17)(H,18,19). The summed E-state index contributed by atoms with van der Waals surface area (Å²) >= 11 is 0. The van der Waals surface area contributed by atoms with Gasteiger partial charge in [0.15, 0.2) is 0 Å². The van der Waals surface area contributed by atoms with Crippen molar-refractivity contribution in [3.8, 4) is 0 Å². The highest BCUT2D eigenvalue weighted by molar-refractivity contribution is 5.95. The Morgan fingerprint density at radius 3 is 2.48 bits per heavy atom. The molecule has 0 fully saturated rings. The molecule has 116 valence electrons. The molecule has 0 radical (unpaired) electrons. The number of anilines is 1. The van der Waals surface area contributed by atoms with Gasteiger partial charge in [0.25, 0.3) is 0 Å². The molecule has 1 amide bonds. The molecule has 0 bridgehead atoms. The minimum atomic E-state index is -1.01. The highest BCUT2D eigenvalue weighted by atomic mass is 16.5. The van der Waals surface area contributed by atoms with Gasteiger partial charge in [0.05, 0.1) is 31.8 Å². The van der Waals surface area contributed by atoms with Crippen molar-refractivity contribution < 1.29 is 24.2 Å². The number of carboxylic acid groups (broad SMARTS) is 1. The smallest absolute Gasteiger partial charge is 0.336 e. The minimum absolute atomic E-state index is 0.187. The molecule has 6 nitrogen and oxygen atoms in total. The maximum atomic E-state index is 11.8. The Labute approximate surface area is 124 Å². The summed E-state index contributed by atoms with van der Waals surface area (Å²) in [7, 11) is 1.58. The number of amides is 1. The van der Waals surface area contributed by atoms with E-state index in [0.717, 1.165) is 5.56 Å². The van der Waals surface area contributed by atoms with Gasteiger partial charge in [0.1, 0.15) is 0 Å². The van der Waals surface area contributed by atoms with Crippen LogP contribution in [0.4, 0.5) is 5.69 Å². The van der Waals surface area contributed by atoms with Gasteiger partial charge in [0, 0.05) is 12.8 Å². The lowest BCUT2D eigenvalue weighted by atomic mass is 10.0. The number of hydrogen-bond acceptors (Lipinski definition) is 4. The molecule has 1 rings (SSSR count). The van der Waals surface area contributed by atoms with E-state index in [1.807, 2.05) is 6.92 Å². The van der Waals surface area contributed by atoms with Crippen molar-refractivity contribution in [3.05, 3.63) is 28.8 Å². The van der Waals surface area contributed by atoms with Crippen molar-refractivity contribution in [2.24, 2.45) is 0 Å². The Hall–Kier alpha value is -1.92. The van der Waals surface area contributed by atoms with Gasteiger partial charge in [-0.05, 0) is 31.0 Å². The first-order valence-electron chi connectivity index (χ1n) is 6.66. The maximum absolute atomic E-state index is 11.8. The molecule has 1 aromatic carbocycles. The first kappa shape index (κ1) is 17.1. The van der Waals surface area contributed by atoms with Crippen LogP contribution in [0.1, 0.15) is 27.9 Å². The average Bonchev–Trinajstić information content (AvgIpc) is 2.41. The first-order valence-corrected chi connectivity index (χ1v) is 6.66. The van der Waals surface area contributed by atoms with Gasteiger partial charge in [-0.3, -0.25) is 4.79 Å². The highest BCUT2D eigenvalue weighted by Crippen LogP contribution is 2.21. The third-order valence-electron chi connectivity index (χ3n) is 2.98. The Balaban J connectivity index is 2.59. The number of rotatable bonds is 8. The van der Waals surface area contributed by atoms with Crippen molar-refractivity contribution in [1.29, 1.82) is 0 Å². The zero-order valence-corrected chi connectivity index (χ0v) is 12.6. The Morgan fingerprint density at radius 1 is 1.14 bits per heavy atom. The topological polar surface area (TPSA) is 84.9 Å². The number of aromatic carboxylic acids is 1. The van der Waals surface area contributed by atoms with Crippen LogP contribution in [-0.2, 0) is 14.3 Å². The SMILES string of the molecule is COCCOCCC(=O)Nc1cc(C(=O)O)c(C)cc1C. The van der Waals surface area contributed by atoms with E-state index in [0.29, 0.717) is 31.1 Å². The summed E-state index contributed by atoms with van der Waals surface area (Å²) in [4.78, 5) is 22.9. The van der Waals surface area contributed by atoms with Crippen LogP contribution in [0, 0.1) is 13.8 Å². The van der Waals surface area contributed by atoms with Crippen LogP contribution in [0.25, 0.3) is 0 Å². The second-order valence-electron chi connectivity index (χ2n) is 4.69. The maximum Gasteiger partial charge on any atom is 0.336 e. The van der Waals surface area contributed by atoms with Crippen LogP contribution in [0.2, 0.25) is 0 Å². The Morgan fingerprint density at radius 2 is 1.86 bits per heavy atom. The molecule has 1 aromatic rings. The van der Waals surface area contributed by atoms with Crippen LogP contribution < -0.4 is 5.32 Å². The van der Waals surface area contributed by atoms with Crippen LogP contribution in [0.5, 0.6) is 0 Å². The number of hydrogen-bond donors (Lipinski definition) is 2. The summed E-state index contributed by atoms with van der Waals surface area (Å²) in [6, 6.07) is 3.23. The molecule has 0 spiro atoms. The normalized spacial score (nSPS) is 10.4. The summed E-state index contributed by atoms with van der Waals surface area (Å²) in [6.45, 7) is 4.78. The molecule has 0 aromatic heterocycles. The molecule has 0 atom stereocenters. The van der Waals surface area contributed by atoms with Gasteiger partial charge in [-0.1, -0.05) is 6.07 Å². The number of nitrogens with one attached hydrogen (secondary N) is 1. The summed E-state index contributed by atoms with van der Waals surface area (Å²) in [6.07, 6.45) is 0.208. The van der Waals surface area contributed by atoms with Gasteiger partial charge < -0.3 is 19.9 Å². The van der Waals surface area contributed by atoms with Crippen molar-refractivity contribution in [1.82, 2.24) is 0 Å². The van der Waals surface area contributed by atoms with E-state index in [1.54, 1.807) is 20.1 Å². The number of carbonyl (C=O) groups excluding carboxylic acids is 1. The predicted molar refractivity (Wildman–Crippen MR) is 78.8 cm³/mol. The van der Waals surface area contributed by atoms with Crippen LogP contribution in [0.15, 0.2) is 12.1 Å². The van der Waals surface area contributed by atoms with E-state index in [4.69, 9.17) is 14.6 Å². The number of carbonyl (C=O) groups is 2. The van der Waals surface area contributed by atoms with Crippen LogP contribution in [0.3, 0.4) is 0 Å². The zero-order valence-electron chi connectivity index (χ0n) is 12.6. The summed E-state index contributed by atoms with van der Waals surface area (Å²) in [5, 5.41) is 11.8. The molecule has 0 unspecified atom stereocenters. The van der Waals surface area contributed by atoms with Gasteiger partial charge in [0.2, 0.25) is 5.91 Å². The number of carboxylic acids is 1. The molecule has 0 aliphatic rings. The Bertz CT molecular complexity index is 513. The second-order valence-corrected chi connectivity index (χ2v) is 4.69. The van der Waals surface area contributed by atoms with Crippen molar-refractivity contribution >= 4 is 17.6 Å². The zero-order chi connectivity index (χ0) is 15.8. The van der Waals surface area contributed by atoms with Gasteiger partial charge in [-0.25, -0.2) is 4.79 Å². The van der Waals surface area contributed by atoms with E-state index in [2.05, 4.69) is 5.32 Å². The lowest BCUT2D eigenvalue weighted by Crippen LogP contribution is -2.16. The Kier molecular flexibility index (Phi) is 6.84. The fraction of sp³-hybridized carbons (Fsp3) is 0.467. The number of aryl methyl sites for hydroxylation is 2. The average molecular weight is 295 g/mol. The summed E-state index contributed by atoms with van der Waals surface area (Å²) < 4.78 is 10.0. The van der Waals surface area contributed by atoms with Crippen LogP contribution in [-0.4, -0.2) is 43.9 Å². The third kappa shape index (κ3) is 5.53. The number of methoxy groups -OCH3 is 1. The van der Waals surface area contributed by atoms with Crippen LogP contribution >= 0.6 is 0 Å². The quantitative estimate of drug-likeness (QED) is 0.716.